The molecule has 0 aliphatic rings. The Kier molecular flexibility index (Phi) is 10.2. The third kappa shape index (κ3) is 7.34. The predicted molar refractivity (Wildman–Crippen MR) is 143 cm³/mol. The molecule has 2 aromatic carbocycles. The zero-order chi connectivity index (χ0) is 25.4. The minimum atomic E-state index is -0.181. The van der Waals surface area contributed by atoms with Gasteiger partial charge < -0.3 is 15.1 Å². The van der Waals surface area contributed by atoms with E-state index in [1.165, 1.54) is 0 Å². The van der Waals surface area contributed by atoms with Gasteiger partial charge in [-0.05, 0) is 54.5 Å². The third-order valence-corrected chi connectivity index (χ3v) is 6.43. The molecule has 5 nitrogen and oxygen atoms in total. The number of hydrogen-bond donors (Lipinski definition) is 1. The van der Waals surface area contributed by atoms with Crippen LogP contribution in [0.1, 0.15) is 71.4 Å². The summed E-state index contributed by atoms with van der Waals surface area (Å²) in [5, 5.41) is 3.03. The lowest BCUT2D eigenvalue weighted by Gasteiger charge is -2.36. The monoisotopic (exact) mass is 465 g/mol. The Morgan fingerprint density at radius 3 is 2.12 bits per heavy atom. The largest absolute Gasteiger partial charge is 0.377 e. The highest BCUT2D eigenvalue weighted by atomic mass is 16.2. The Hall–Kier alpha value is -2.82. The molecule has 2 amide bonds. The van der Waals surface area contributed by atoms with Gasteiger partial charge in [0, 0.05) is 44.5 Å². The van der Waals surface area contributed by atoms with E-state index in [1.54, 1.807) is 0 Å². The second-order valence-electron chi connectivity index (χ2n) is 10.2. The predicted octanol–water partition coefficient (Wildman–Crippen LogP) is 6.30. The zero-order valence-electron chi connectivity index (χ0n) is 22.3. The number of amides is 2. The fourth-order valence-electron chi connectivity index (χ4n) is 4.21. The first-order chi connectivity index (χ1) is 16.0. The number of rotatable bonds is 11. The quantitative estimate of drug-likeness (QED) is 0.423. The van der Waals surface area contributed by atoms with Crippen LogP contribution < -0.4 is 10.2 Å². The summed E-state index contributed by atoms with van der Waals surface area (Å²) in [6.07, 6.45) is 1.23. The zero-order valence-corrected chi connectivity index (χ0v) is 22.3. The minimum absolute atomic E-state index is 0.0113. The smallest absolute Gasteiger partial charge is 0.230 e. The molecule has 0 fully saturated rings. The molecule has 186 valence electrons. The molecule has 0 aliphatic heterocycles. The van der Waals surface area contributed by atoms with Crippen molar-refractivity contribution in [3.05, 3.63) is 59.7 Å². The van der Waals surface area contributed by atoms with Crippen molar-refractivity contribution >= 4 is 23.2 Å². The summed E-state index contributed by atoms with van der Waals surface area (Å²) in [4.78, 5) is 30.4. The van der Waals surface area contributed by atoms with Crippen molar-refractivity contribution in [2.24, 2.45) is 11.8 Å². The van der Waals surface area contributed by atoms with Crippen LogP contribution in [-0.4, -0.2) is 36.9 Å². The van der Waals surface area contributed by atoms with Crippen LogP contribution in [0.4, 0.5) is 11.4 Å². The number of anilines is 2. The van der Waals surface area contributed by atoms with Gasteiger partial charge in [-0.15, -0.1) is 0 Å². The highest BCUT2D eigenvalue weighted by molar-refractivity contribution is 5.91. The molecule has 0 bridgehead atoms. The van der Waals surface area contributed by atoms with Crippen LogP contribution in [0.5, 0.6) is 0 Å². The normalized spacial score (nSPS) is 13.0. The maximum Gasteiger partial charge on any atom is 0.230 e. The summed E-state index contributed by atoms with van der Waals surface area (Å²) in [7, 11) is 4.01. The fourth-order valence-corrected chi connectivity index (χ4v) is 4.21. The first-order valence-corrected chi connectivity index (χ1v) is 12.5. The van der Waals surface area contributed by atoms with Gasteiger partial charge in [0.05, 0.1) is 5.92 Å². The van der Waals surface area contributed by atoms with Crippen LogP contribution in [0.3, 0.4) is 0 Å². The number of carbonyl (C=O) groups is 2. The highest BCUT2D eigenvalue weighted by Gasteiger charge is 2.30. The second kappa shape index (κ2) is 12.6. The van der Waals surface area contributed by atoms with Gasteiger partial charge >= 0.3 is 0 Å². The lowest BCUT2D eigenvalue weighted by molar-refractivity contribution is -0.136. The molecule has 0 saturated carbocycles. The van der Waals surface area contributed by atoms with Gasteiger partial charge in [0.2, 0.25) is 11.8 Å². The number of nitrogens with one attached hydrogen (secondary N) is 1. The van der Waals surface area contributed by atoms with Crippen molar-refractivity contribution in [3.63, 3.8) is 0 Å². The molecule has 0 spiro atoms. The maximum atomic E-state index is 13.9. The van der Waals surface area contributed by atoms with Gasteiger partial charge in [0.25, 0.3) is 0 Å². The van der Waals surface area contributed by atoms with Crippen LogP contribution in [0.25, 0.3) is 0 Å². The summed E-state index contributed by atoms with van der Waals surface area (Å²) in [6.45, 7) is 13.1. The van der Waals surface area contributed by atoms with E-state index in [1.807, 2.05) is 81.4 Å². The molecule has 0 heterocycles. The highest BCUT2D eigenvalue weighted by Crippen LogP contribution is 2.30. The van der Waals surface area contributed by atoms with Crippen molar-refractivity contribution in [2.75, 3.05) is 24.3 Å². The van der Waals surface area contributed by atoms with Gasteiger partial charge in [-0.3, -0.25) is 9.59 Å². The van der Waals surface area contributed by atoms with Gasteiger partial charge in [-0.25, -0.2) is 0 Å². The Balaban J connectivity index is 2.44. The summed E-state index contributed by atoms with van der Waals surface area (Å²) in [5.74, 6) is 0.587. The van der Waals surface area contributed by atoms with E-state index in [2.05, 4.69) is 37.9 Å². The SMILES string of the molecule is CC[C@@H](C(=O)N(Cc1cc(NC(=O)CC(C)C)ccc1N(C)C)[C@H](C)C(C)C)c1ccccc1. The fraction of sp³-hybridized carbons (Fsp3) is 0.517. The van der Waals surface area contributed by atoms with Gasteiger partial charge in [-0.2, -0.15) is 0 Å². The van der Waals surface area contributed by atoms with E-state index in [0.717, 1.165) is 28.9 Å². The molecule has 2 rings (SSSR count). The molecule has 2 atom stereocenters. The molecule has 0 radical (unpaired) electrons. The van der Waals surface area contributed by atoms with Crippen molar-refractivity contribution in [1.82, 2.24) is 4.90 Å². The van der Waals surface area contributed by atoms with Crippen molar-refractivity contribution in [3.8, 4) is 0 Å². The summed E-state index contributed by atoms with van der Waals surface area (Å²) >= 11 is 0. The Morgan fingerprint density at radius 1 is 0.941 bits per heavy atom. The summed E-state index contributed by atoms with van der Waals surface area (Å²) in [5.41, 5.74) is 3.89. The Morgan fingerprint density at radius 2 is 1.59 bits per heavy atom. The number of carbonyl (C=O) groups excluding carboxylic acids is 2. The van der Waals surface area contributed by atoms with Gasteiger partial charge in [0.15, 0.2) is 0 Å². The van der Waals surface area contributed by atoms with E-state index in [9.17, 15) is 9.59 Å². The van der Waals surface area contributed by atoms with Gasteiger partial charge in [-0.1, -0.05) is 65.0 Å². The van der Waals surface area contributed by atoms with Crippen LogP contribution in [0.15, 0.2) is 48.5 Å². The molecule has 0 saturated heterocycles. The Bertz CT molecular complexity index is 938. The molecular weight excluding hydrogens is 422 g/mol. The molecule has 0 aromatic heterocycles. The molecule has 2 aromatic rings. The van der Waals surface area contributed by atoms with Crippen molar-refractivity contribution in [2.45, 2.75) is 72.9 Å². The average molecular weight is 466 g/mol. The third-order valence-electron chi connectivity index (χ3n) is 6.43. The molecule has 0 aliphatic carbocycles. The van der Waals surface area contributed by atoms with E-state index in [4.69, 9.17) is 0 Å². The average Bonchev–Trinajstić information content (AvgIpc) is 2.77. The first kappa shape index (κ1) is 27.4. The number of nitrogens with zero attached hydrogens (tertiary/aromatic N) is 2. The Labute approximate surface area is 206 Å². The van der Waals surface area contributed by atoms with Crippen LogP contribution in [-0.2, 0) is 16.1 Å². The number of hydrogen-bond acceptors (Lipinski definition) is 3. The summed E-state index contributed by atoms with van der Waals surface area (Å²) < 4.78 is 0. The molecule has 0 unspecified atom stereocenters. The lowest BCUT2D eigenvalue weighted by Crippen LogP contribution is -2.43. The van der Waals surface area contributed by atoms with E-state index >= 15 is 0 Å². The molecule has 5 heteroatoms. The maximum absolute atomic E-state index is 13.9. The molecule has 1 N–H and O–H groups in total. The topological polar surface area (TPSA) is 52.7 Å². The van der Waals surface area contributed by atoms with Crippen molar-refractivity contribution in [1.29, 1.82) is 0 Å². The van der Waals surface area contributed by atoms with E-state index in [-0.39, 0.29) is 23.8 Å². The van der Waals surface area contributed by atoms with Crippen molar-refractivity contribution < 1.29 is 9.59 Å². The minimum Gasteiger partial charge on any atom is -0.377 e. The molecular formula is C29H43N3O2. The lowest BCUT2D eigenvalue weighted by atomic mass is 9.92. The van der Waals surface area contributed by atoms with Crippen LogP contribution >= 0.6 is 0 Å². The number of benzene rings is 2. The van der Waals surface area contributed by atoms with Gasteiger partial charge in [0.1, 0.15) is 0 Å². The van der Waals surface area contributed by atoms with E-state index in [0.29, 0.717) is 24.8 Å². The van der Waals surface area contributed by atoms with Crippen LogP contribution in [0.2, 0.25) is 0 Å². The first-order valence-electron chi connectivity index (χ1n) is 12.5. The van der Waals surface area contributed by atoms with E-state index < -0.39 is 0 Å². The second-order valence-corrected chi connectivity index (χ2v) is 10.2. The molecule has 34 heavy (non-hydrogen) atoms. The standard InChI is InChI=1S/C29H43N3O2/c1-9-26(23-13-11-10-12-14-23)29(34)32(22(6)21(4)5)19-24-18-25(15-16-27(24)31(7)8)30-28(33)17-20(2)3/h10-16,18,20-22,26H,9,17,19H2,1-8H3,(H,30,33)/t22-,26-/m1/s1. The summed E-state index contributed by atoms with van der Waals surface area (Å²) in [6, 6.07) is 16.1. The van der Waals surface area contributed by atoms with Crippen LogP contribution in [0, 0.1) is 11.8 Å².